The normalized spacial score (nSPS) is 12.9. The maximum absolute atomic E-state index is 5.55. The number of benzene rings is 1. The molecule has 0 spiro atoms. The summed E-state index contributed by atoms with van der Waals surface area (Å²) in [5.41, 5.74) is 5.18. The average Bonchev–Trinajstić information content (AvgIpc) is 2.18. The molecule has 1 rings (SSSR count). The quantitative estimate of drug-likeness (QED) is 0.589. The Morgan fingerprint density at radius 1 is 1.33 bits per heavy atom. The zero-order valence-corrected chi connectivity index (χ0v) is 9.87. The van der Waals surface area contributed by atoms with Gasteiger partial charge in [-0.15, -0.1) is 0 Å². The van der Waals surface area contributed by atoms with Crippen molar-refractivity contribution in [2.75, 3.05) is 7.11 Å². The lowest BCUT2D eigenvalue weighted by molar-refractivity contribution is 0.406. The van der Waals surface area contributed by atoms with Crippen molar-refractivity contribution in [2.45, 2.75) is 26.8 Å². The Kier molecular flexibility index (Phi) is 4.12. The predicted octanol–water partition coefficient (Wildman–Crippen LogP) is 2.16. The second-order valence-electron chi connectivity index (χ2n) is 4.12. The van der Waals surface area contributed by atoms with Gasteiger partial charge in [0.1, 0.15) is 5.75 Å². The van der Waals surface area contributed by atoms with Crippen LogP contribution in [-0.2, 0) is 0 Å². The van der Waals surface area contributed by atoms with Crippen molar-refractivity contribution in [1.82, 2.24) is 5.43 Å². The number of nitrogens with two attached hydrogens (primary N) is 1. The summed E-state index contributed by atoms with van der Waals surface area (Å²) in [5.74, 6) is 6.92. The fourth-order valence-electron chi connectivity index (χ4n) is 1.77. The van der Waals surface area contributed by atoms with Crippen molar-refractivity contribution in [1.29, 1.82) is 0 Å². The zero-order chi connectivity index (χ0) is 11.4. The molecule has 0 aromatic heterocycles. The third-order valence-electron chi connectivity index (χ3n) is 2.62. The Balaban J connectivity index is 3.00. The summed E-state index contributed by atoms with van der Waals surface area (Å²) < 4.78 is 5.22. The van der Waals surface area contributed by atoms with E-state index in [1.807, 2.05) is 13.0 Å². The van der Waals surface area contributed by atoms with Crippen LogP contribution in [0.1, 0.15) is 31.0 Å². The van der Waals surface area contributed by atoms with Gasteiger partial charge in [-0.25, -0.2) is 0 Å². The lowest BCUT2D eigenvalue weighted by atomic mass is 9.95. The highest BCUT2D eigenvalue weighted by Crippen LogP contribution is 2.25. The van der Waals surface area contributed by atoms with E-state index in [0.717, 1.165) is 11.3 Å². The van der Waals surface area contributed by atoms with E-state index >= 15 is 0 Å². The van der Waals surface area contributed by atoms with E-state index in [9.17, 15) is 0 Å². The van der Waals surface area contributed by atoms with E-state index in [1.165, 1.54) is 5.56 Å². The fourth-order valence-corrected chi connectivity index (χ4v) is 1.77. The number of ether oxygens (including phenoxy) is 1. The molecule has 1 unspecified atom stereocenters. The standard InChI is InChI=1S/C12H20N2O/c1-8(2)12(14-13)10-5-6-11(15-4)9(3)7-10/h5-8,12,14H,13H2,1-4H3. The molecule has 0 saturated heterocycles. The minimum atomic E-state index is 0.189. The van der Waals surface area contributed by atoms with Gasteiger partial charge in [-0.05, 0) is 30.0 Å². The summed E-state index contributed by atoms with van der Waals surface area (Å²) in [6.45, 7) is 6.32. The third kappa shape index (κ3) is 2.70. The van der Waals surface area contributed by atoms with Crippen molar-refractivity contribution in [3.8, 4) is 5.75 Å². The second-order valence-corrected chi connectivity index (χ2v) is 4.12. The summed E-state index contributed by atoms with van der Waals surface area (Å²) in [5, 5.41) is 0. The molecule has 3 nitrogen and oxygen atoms in total. The summed E-state index contributed by atoms with van der Waals surface area (Å²) >= 11 is 0. The molecule has 0 aliphatic heterocycles. The molecule has 84 valence electrons. The van der Waals surface area contributed by atoms with Crippen molar-refractivity contribution in [3.05, 3.63) is 29.3 Å². The van der Waals surface area contributed by atoms with Gasteiger partial charge in [-0.3, -0.25) is 11.3 Å². The van der Waals surface area contributed by atoms with E-state index in [4.69, 9.17) is 10.6 Å². The number of methoxy groups -OCH3 is 1. The molecule has 0 amide bonds. The van der Waals surface area contributed by atoms with Crippen LogP contribution in [0.4, 0.5) is 0 Å². The summed E-state index contributed by atoms with van der Waals surface area (Å²) in [7, 11) is 1.68. The van der Waals surface area contributed by atoms with Gasteiger partial charge >= 0.3 is 0 Å². The largest absolute Gasteiger partial charge is 0.496 e. The van der Waals surface area contributed by atoms with Gasteiger partial charge in [0.05, 0.1) is 7.11 Å². The Morgan fingerprint density at radius 2 is 2.00 bits per heavy atom. The number of hydrazine groups is 1. The summed E-state index contributed by atoms with van der Waals surface area (Å²) in [6, 6.07) is 6.34. The molecule has 0 aliphatic rings. The SMILES string of the molecule is COc1ccc(C(NN)C(C)C)cc1C. The molecule has 1 atom stereocenters. The predicted molar refractivity (Wildman–Crippen MR) is 62.6 cm³/mol. The lowest BCUT2D eigenvalue weighted by Gasteiger charge is -2.21. The Hall–Kier alpha value is -1.06. The van der Waals surface area contributed by atoms with Crippen molar-refractivity contribution >= 4 is 0 Å². The highest BCUT2D eigenvalue weighted by molar-refractivity contribution is 5.37. The van der Waals surface area contributed by atoms with Gasteiger partial charge < -0.3 is 4.74 Å². The molecule has 0 saturated carbocycles. The molecule has 0 aliphatic carbocycles. The van der Waals surface area contributed by atoms with Crippen molar-refractivity contribution in [2.24, 2.45) is 11.8 Å². The molecule has 0 fully saturated rings. The molecule has 0 heterocycles. The minimum absolute atomic E-state index is 0.189. The smallest absolute Gasteiger partial charge is 0.121 e. The lowest BCUT2D eigenvalue weighted by Crippen LogP contribution is -2.31. The molecule has 3 N–H and O–H groups in total. The van der Waals surface area contributed by atoms with E-state index in [-0.39, 0.29) is 6.04 Å². The average molecular weight is 208 g/mol. The molecule has 0 bridgehead atoms. The number of aryl methyl sites for hydroxylation is 1. The summed E-state index contributed by atoms with van der Waals surface area (Å²) in [6.07, 6.45) is 0. The van der Waals surface area contributed by atoms with Gasteiger partial charge in [-0.2, -0.15) is 0 Å². The second kappa shape index (κ2) is 5.14. The van der Waals surface area contributed by atoms with Gasteiger partial charge in [0.25, 0.3) is 0 Å². The van der Waals surface area contributed by atoms with Crippen LogP contribution < -0.4 is 16.0 Å². The van der Waals surface area contributed by atoms with Crippen LogP contribution in [0.25, 0.3) is 0 Å². The van der Waals surface area contributed by atoms with Gasteiger partial charge in [-0.1, -0.05) is 26.0 Å². The maximum Gasteiger partial charge on any atom is 0.121 e. The van der Waals surface area contributed by atoms with Crippen LogP contribution >= 0.6 is 0 Å². The number of hydrogen-bond acceptors (Lipinski definition) is 3. The highest BCUT2D eigenvalue weighted by Gasteiger charge is 2.14. The number of hydrogen-bond donors (Lipinski definition) is 2. The van der Waals surface area contributed by atoms with Gasteiger partial charge in [0.2, 0.25) is 0 Å². The maximum atomic E-state index is 5.55. The van der Waals surface area contributed by atoms with Crippen LogP contribution in [0, 0.1) is 12.8 Å². The summed E-state index contributed by atoms with van der Waals surface area (Å²) in [4.78, 5) is 0. The van der Waals surface area contributed by atoms with Crippen molar-refractivity contribution < 1.29 is 4.74 Å². The van der Waals surface area contributed by atoms with Gasteiger partial charge in [0, 0.05) is 6.04 Å². The van der Waals surface area contributed by atoms with Crippen LogP contribution in [-0.4, -0.2) is 7.11 Å². The Labute approximate surface area is 91.6 Å². The van der Waals surface area contributed by atoms with E-state index < -0.39 is 0 Å². The molecular formula is C12H20N2O. The molecule has 1 aromatic rings. The molecular weight excluding hydrogens is 188 g/mol. The zero-order valence-electron chi connectivity index (χ0n) is 9.87. The molecule has 3 heteroatoms. The van der Waals surface area contributed by atoms with E-state index in [2.05, 4.69) is 31.4 Å². The first-order valence-corrected chi connectivity index (χ1v) is 5.20. The third-order valence-corrected chi connectivity index (χ3v) is 2.62. The first kappa shape index (κ1) is 12.0. The topological polar surface area (TPSA) is 47.3 Å². The van der Waals surface area contributed by atoms with Crippen LogP contribution in [0.15, 0.2) is 18.2 Å². The monoisotopic (exact) mass is 208 g/mol. The van der Waals surface area contributed by atoms with Gasteiger partial charge in [0.15, 0.2) is 0 Å². The molecule has 1 aromatic carbocycles. The van der Waals surface area contributed by atoms with Crippen molar-refractivity contribution in [3.63, 3.8) is 0 Å². The first-order valence-electron chi connectivity index (χ1n) is 5.20. The van der Waals surface area contributed by atoms with E-state index in [1.54, 1.807) is 7.11 Å². The highest BCUT2D eigenvalue weighted by atomic mass is 16.5. The number of nitrogens with one attached hydrogen (secondary N) is 1. The fraction of sp³-hybridized carbons (Fsp3) is 0.500. The molecule has 15 heavy (non-hydrogen) atoms. The van der Waals surface area contributed by atoms with E-state index in [0.29, 0.717) is 5.92 Å². The minimum Gasteiger partial charge on any atom is -0.496 e. The Bertz CT molecular complexity index is 323. The first-order chi connectivity index (χ1) is 7.10. The number of rotatable bonds is 4. The van der Waals surface area contributed by atoms with Crippen LogP contribution in [0.2, 0.25) is 0 Å². The molecule has 0 radical (unpaired) electrons. The van der Waals surface area contributed by atoms with Crippen LogP contribution in [0.5, 0.6) is 5.75 Å². The van der Waals surface area contributed by atoms with Crippen LogP contribution in [0.3, 0.4) is 0 Å². The Morgan fingerprint density at radius 3 is 2.40 bits per heavy atom.